The van der Waals surface area contributed by atoms with Crippen LogP contribution in [0.5, 0.6) is 0 Å². The van der Waals surface area contributed by atoms with Crippen LogP contribution in [0.4, 0.5) is 24.5 Å². The molecule has 0 aliphatic rings. The van der Waals surface area contributed by atoms with Gasteiger partial charge in [-0.25, -0.2) is 4.79 Å². The predicted octanol–water partition coefficient (Wildman–Crippen LogP) is 3.97. The van der Waals surface area contributed by atoms with Gasteiger partial charge in [-0.05, 0) is 37.4 Å². The van der Waals surface area contributed by atoms with Crippen LogP contribution < -0.4 is 10.6 Å². The quantitative estimate of drug-likeness (QED) is 0.0811. The topological polar surface area (TPSA) is 133 Å². The molecule has 0 saturated heterocycles. The molecule has 0 unspecified atom stereocenters. The van der Waals surface area contributed by atoms with E-state index in [1.165, 1.54) is 18.2 Å². The molecule has 0 spiro atoms. The average molecular weight is 735 g/mol. The van der Waals surface area contributed by atoms with Gasteiger partial charge in [-0.3, -0.25) is 0 Å². The molecule has 2 aromatic carbocycles. The van der Waals surface area contributed by atoms with Gasteiger partial charge in [0.15, 0.2) is 0 Å². The third-order valence-electron chi connectivity index (χ3n) is 6.55. The highest BCUT2D eigenvalue weighted by molar-refractivity contribution is 5.96. The van der Waals surface area contributed by atoms with E-state index in [-0.39, 0.29) is 24.5 Å². The first kappa shape index (κ1) is 44.3. The number of ether oxygens (including phenoxy) is 10. The molecular formula is C35H53F3N2O11. The molecule has 2 rings (SSSR count). The number of anilines is 2. The van der Waals surface area contributed by atoms with E-state index in [0.717, 1.165) is 18.7 Å². The Hall–Kier alpha value is -2.90. The standard InChI is InChI=1S/C35H53F3N2O11/c1-39-9-10-42-11-12-43-13-14-44-15-16-45-17-18-46-19-20-47-21-22-48-23-24-49-25-26-50-27-28-51-34(41)32-7-2-3-8-33(32)40-31-6-4-5-30(29-31)35(36,37)38/h2-8,29,39-40H,9-28H2,1H3. The molecule has 0 radical (unpaired) electrons. The minimum Gasteiger partial charge on any atom is -0.460 e. The minimum atomic E-state index is -4.48. The summed E-state index contributed by atoms with van der Waals surface area (Å²) in [5.74, 6) is -0.627. The number of benzene rings is 2. The second kappa shape index (κ2) is 29.7. The number of rotatable bonds is 33. The Morgan fingerprint density at radius 3 is 1.39 bits per heavy atom. The molecule has 16 heteroatoms. The highest BCUT2D eigenvalue weighted by Crippen LogP contribution is 2.32. The van der Waals surface area contributed by atoms with Crippen molar-refractivity contribution in [3.63, 3.8) is 0 Å². The van der Waals surface area contributed by atoms with Crippen molar-refractivity contribution in [3.05, 3.63) is 59.7 Å². The Morgan fingerprint density at radius 1 is 0.549 bits per heavy atom. The zero-order valence-electron chi connectivity index (χ0n) is 29.4. The van der Waals surface area contributed by atoms with E-state index in [1.807, 2.05) is 7.05 Å². The van der Waals surface area contributed by atoms with Crippen LogP contribution in [0.1, 0.15) is 15.9 Å². The van der Waals surface area contributed by atoms with Gasteiger partial charge in [0, 0.05) is 12.2 Å². The summed E-state index contributed by atoms with van der Waals surface area (Å²) in [5.41, 5.74) is -0.0863. The smallest absolute Gasteiger partial charge is 0.416 e. The summed E-state index contributed by atoms with van der Waals surface area (Å²) >= 11 is 0. The van der Waals surface area contributed by atoms with Crippen molar-refractivity contribution in [3.8, 4) is 0 Å². The summed E-state index contributed by atoms with van der Waals surface area (Å²) < 4.78 is 93.3. The largest absolute Gasteiger partial charge is 0.460 e. The first-order chi connectivity index (χ1) is 24.9. The lowest BCUT2D eigenvalue weighted by Crippen LogP contribution is -2.17. The summed E-state index contributed by atoms with van der Waals surface area (Å²) in [7, 11) is 1.88. The van der Waals surface area contributed by atoms with Gasteiger partial charge in [-0.2, -0.15) is 13.2 Å². The molecule has 13 nitrogen and oxygen atoms in total. The number of hydrogen-bond acceptors (Lipinski definition) is 13. The van der Waals surface area contributed by atoms with E-state index in [2.05, 4.69) is 10.6 Å². The molecular weight excluding hydrogens is 681 g/mol. The molecule has 2 N–H and O–H groups in total. The maximum absolute atomic E-state index is 13.0. The molecule has 0 amide bonds. The molecule has 0 heterocycles. The van der Waals surface area contributed by atoms with Gasteiger partial charge in [-0.1, -0.05) is 18.2 Å². The van der Waals surface area contributed by atoms with Crippen molar-refractivity contribution in [1.29, 1.82) is 0 Å². The third kappa shape index (κ3) is 23.3. The van der Waals surface area contributed by atoms with Gasteiger partial charge < -0.3 is 58.0 Å². The van der Waals surface area contributed by atoms with Crippen molar-refractivity contribution in [1.82, 2.24) is 5.32 Å². The molecule has 2 aromatic rings. The fourth-order valence-electron chi connectivity index (χ4n) is 4.01. The number of nitrogens with one attached hydrogen (secondary N) is 2. The Morgan fingerprint density at radius 2 is 0.961 bits per heavy atom. The fraction of sp³-hybridized carbons (Fsp3) is 0.629. The molecule has 0 bridgehead atoms. The number of carbonyl (C=O) groups excluding carboxylic acids is 1. The van der Waals surface area contributed by atoms with E-state index in [9.17, 15) is 18.0 Å². The van der Waals surface area contributed by atoms with Gasteiger partial charge in [0.05, 0.1) is 136 Å². The van der Waals surface area contributed by atoms with Gasteiger partial charge in [-0.15, -0.1) is 0 Å². The number of para-hydroxylation sites is 1. The highest BCUT2D eigenvalue weighted by atomic mass is 19.4. The van der Waals surface area contributed by atoms with Gasteiger partial charge in [0.25, 0.3) is 0 Å². The molecule has 0 aliphatic carbocycles. The van der Waals surface area contributed by atoms with E-state index in [4.69, 9.17) is 47.4 Å². The maximum Gasteiger partial charge on any atom is 0.416 e. The van der Waals surface area contributed by atoms with E-state index >= 15 is 0 Å². The lowest BCUT2D eigenvalue weighted by atomic mass is 10.1. The van der Waals surface area contributed by atoms with Crippen molar-refractivity contribution in [2.24, 2.45) is 0 Å². The lowest BCUT2D eigenvalue weighted by Gasteiger charge is -2.13. The predicted molar refractivity (Wildman–Crippen MR) is 183 cm³/mol. The molecule has 0 saturated carbocycles. The van der Waals surface area contributed by atoms with Gasteiger partial charge >= 0.3 is 12.1 Å². The molecule has 0 aromatic heterocycles. The molecule has 290 valence electrons. The molecule has 0 atom stereocenters. The Kier molecular flexibility index (Phi) is 25.7. The summed E-state index contributed by atoms with van der Waals surface area (Å²) in [6, 6.07) is 11.1. The van der Waals surface area contributed by atoms with Crippen LogP contribution >= 0.6 is 0 Å². The van der Waals surface area contributed by atoms with Crippen molar-refractivity contribution < 1.29 is 65.3 Å². The fourth-order valence-corrected chi connectivity index (χ4v) is 4.01. The van der Waals surface area contributed by atoms with Crippen molar-refractivity contribution in [2.75, 3.05) is 144 Å². The molecule has 0 fully saturated rings. The Balaban J connectivity index is 1.32. The van der Waals surface area contributed by atoms with Crippen LogP contribution in [-0.4, -0.2) is 145 Å². The number of esters is 1. The SMILES string of the molecule is CNCCOCCOCCOCCOCCOCCOCCOCCOCCOCCOC(=O)c1ccccc1Nc1cccc(C(F)(F)F)c1. The zero-order chi connectivity index (χ0) is 36.7. The summed E-state index contributed by atoms with van der Waals surface area (Å²) in [4.78, 5) is 12.6. The Bertz CT molecular complexity index is 1150. The lowest BCUT2D eigenvalue weighted by molar-refractivity contribution is -0.137. The zero-order valence-corrected chi connectivity index (χ0v) is 29.4. The van der Waals surface area contributed by atoms with E-state index < -0.39 is 17.7 Å². The molecule has 0 aliphatic heterocycles. The van der Waals surface area contributed by atoms with Crippen molar-refractivity contribution >= 4 is 17.3 Å². The van der Waals surface area contributed by atoms with Crippen molar-refractivity contribution in [2.45, 2.75) is 6.18 Å². The number of carbonyl (C=O) groups is 1. The number of halogens is 3. The Labute approximate surface area is 298 Å². The van der Waals surface area contributed by atoms with E-state index in [1.54, 1.807) is 18.2 Å². The van der Waals surface area contributed by atoms with E-state index in [0.29, 0.717) is 118 Å². The molecule has 51 heavy (non-hydrogen) atoms. The second-order valence-electron chi connectivity index (χ2n) is 10.5. The monoisotopic (exact) mass is 734 g/mol. The first-order valence-corrected chi connectivity index (χ1v) is 17.0. The highest BCUT2D eigenvalue weighted by Gasteiger charge is 2.30. The number of hydrogen-bond donors (Lipinski definition) is 2. The summed E-state index contributed by atoms with van der Waals surface area (Å²) in [6.07, 6.45) is -4.48. The minimum absolute atomic E-state index is 0.000173. The van der Waals surface area contributed by atoms with Crippen LogP contribution in [0.15, 0.2) is 48.5 Å². The van der Waals surface area contributed by atoms with Crippen LogP contribution in [0.25, 0.3) is 0 Å². The van der Waals surface area contributed by atoms with Gasteiger partial charge in [0.1, 0.15) is 6.61 Å². The van der Waals surface area contributed by atoms with Crippen LogP contribution in [-0.2, 0) is 53.5 Å². The van der Waals surface area contributed by atoms with Crippen LogP contribution in [0.3, 0.4) is 0 Å². The van der Waals surface area contributed by atoms with Gasteiger partial charge in [0.2, 0.25) is 0 Å². The third-order valence-corrected chi connectivity index (χ3v) is 6.55. The maximum atomic E-state index is 13.0. The summed E-state index contributed by atoms with van der Waals surface area (Å²) in [6.45, 7) is 9.03. The number of likely N-dealkylation sites (N-methyl/N-ethyl adjacent to an activating group) is 1. The van der Waals surface area contributed by atoms with Crippen LogP contribution in [0.2, 0.25) is 0 Å². The first-order valence-electron chi connectivity index (χ1n) is 17.0. The van der Waals surface area contributed by atoms with Crippen LogP contribution in [0, 0.1) is 0 Å². The average Bonchev–Trinajstić information content (AvgIpc) is 3.12. The second-order valence-corrected chi connectivity index (χ2v) is 10.5. The summed E-state index contributed by atoms with van der Waals surface area (Å²) in [5, 5.41) is 5.87. The number of alkyl halides is 3. The normalized spacial score (nSPS) is 11.6.